The summed E-state index contributed by atoms with van der Waals surface area (Å²) >= 11 is 0. The minimum absolute atomic E-state index is 0.291. The standard InChI is InChI=1S/C10H9F3O/c11-10(12,13)9-3-1-2-7-6-14-5-4-8(7)9/h1-3H,4-6H2. The van der Waals surface area contributed by atoms with Gasteiger partial charge < -0.3 is 4.74 Å². The molecule has 0 saturated carbocycles. The van der Waals surface area contributed by atoms with Crippen LogP contribution >= 0.6 is 0 Å². The van der Waals surface area contributed by atoms with E-state index in [2.05, 4.69) is 0 Å². The van der Waals surface area contributed by atoms with Crippen molar-refractivity contribution in [1.82, 2.24) is 0 Å². The summed E-state index contributed by atoms with van der Waals surface area (Å²) in [5.41, 5.74) is 0.538. The van der Waals surface area contributed by atoms with Crippen LogP contribution in [0.3, 0.4) is 0 Å². The number of benzene rings is 1. The van der Waals surface area contributed by atoms with Gasteiger partial charge in [0.2, 0.25) is 0 Å². The molecule has 0 amide bonds. The Morgan fingerprint density at radius 2 is 2.00 bits per heavy atom. The van der Waals surface area contributed by atoms with Crippen molar-refractivity contribution in [1.29, 1.82) is 0 Å². The van der Waals surface area contributed by atoms with Gasteiger partial charge in [0.15, 0.2) is 0 Å². The molecule has 2 rings (SSSR count). The number of fused-ring (bicyclic) bond motifs is 1. The SMILES string of the molecule is FC(F)(F)c1cccc2c1CCOC2. The molecule has 0 radical (unpaired) electrons. The summed E-state index contributed by atoms with van der Waals surface area (Å²) in [6, 6.07) is 4.24. The zero-order valence-corrected chi connectivity index (χ0v) is 7.40. The van der Waals surface area contributed by atoms with Crippen LogP contribution in [0, 0.1) is 0 Å². The van der Waals surface area contributed by atoms with Crippen molar-refractivity contribution in [2.45, 2.75) is 19.2 Å². The average molecular weight is 202 g/mol. The maximum atomic E-state index is 12.5. The summed E-state index contributed by atoms with van der Waals surface area (Å²) in [5.74, 6) is 0. The highest BCUT2D eigenvalue weighted by molar-refractivity contribution is 5.37. The number of hydrogen-bond donors (Lipinski definition) is 0. The highest BCUT2D eigenvalue weighted by Crippen LogP contribution is 2.34. The summed E-state index contributed by atoms with van der Waals surface area (Å²) in [6.45, 7) is 0.666. The smallest absolute Gasteiger partial charge is 0.376 e. The Morgan fingerprint density at radius 1 is 1.21 bits per heavy atom. The van der Waals surface area contributed by atoms with Crippen molar-refractivity contribution in [2.75, 3.05) is 6.61 Å². The topological polar surface area (TPSA) is 9.23 Å². The highest BCUT2D eigenvalue weighted by atomic mass is 19.4. The van der Waals surface area contributed by atoms with Crippen LogP contribution in [0.5, 0.6) is 0 Å². The van der Waals surface area contributed by atoms with E-state index < -0.39 is 11.7 Å². The molecule has 0 fully saturated rings. The van der Waals surface area contributed by atoms with Gasteiger partial charge in [0.05, 0.1) is 18.8 Å². The van der Waals surface area contributed by atoms with E-state index in [-0.39, 0.29) is 0 Å². The number of ether oxygens (including phenoxy) is 1. The zero-order chi connectivity index (χ0) is 10.2. The van der Waals surface area contributed by atoms with Crippen LogP contribution in [0.4, 0.5) is 13.2 Å². The van der Waals surface area contributed by atoms with Crippen molar-refractivity contribution < 1.29 is 17.9 Å². The summed E-state index contributed by atoms with van der Waals surface area (Å²) in [5, 5.41) is 0. The molecule has 1 aliphatic rings. The van der Waals surface area contributed by atoms with Gasteiger partial charge in [-0.2, -0.15) is 13.2 Å². The number of halogens is 3. The van der Waals surface area contributed by atoms with E-state index in [1.165, 1.54) is 6.07 Å². The molecule has 1 aromatic rings. The second kappa shape index (κ2) is 3.28. The van der Waals surface area contributed by atoms with Crippen LogP contribution in [0.2, 0.25) is 0 Å². The molecule has 1 aliphatic heterocycles. The molecule has 0 N–H and O–H groups in total. The van der Waals surface area contributed by atoms with E-state index in [4.69, 9.17) is 4.74 Å². The third-order valence-corrected chi connectivity index (χ3v) is 2.33. The van der Waals surface area contributed by atoms with Gasteiger partial charge in [-0.1, -0.05) is 12.1 Å². The second-order valence-electron chi connectivity index (χ2n) is 3.24. The lowest BCUT2D eigenvalue weighted by Crippen LogP contribution is -2.17. The molecule has 0 aliphatic carbocycles. The van der Waals surface area contributed by atoms with Gasteiger partial charge in [-0.15, -0.1) is 0 Å². The Kier molecular flexibility index (Phi) is 2.23. The van der Waals surface area contributed by atoms with Crippen LogP contribution in [0.15, 0.2) is 18.2 Å². The largest absolute Gasteiger partial charge is 0.416 e. The van der Waals surface area contributed by atoms with Crippen LogP contribution in [0.25, 0.3) is 0 Å². The van der Waals surface area contributed by atoms with Gasteiger partial charge in [0.1, 0.15) is 0 Å². The molecule has 0 spiro atoms. The van der Waals surface area contributed by atoms with Crippen LogP contribution in [-0.4, -0.2) is 6.61 Å². The van der Waals surface area contributed by atoms with E-state index in [0.717, 1.165) is 6.07 Å². The van der Waals surface area contributed by atoms with Gasteiger partial charge in [-0.05, 0) is 23.6 Å². The zero-order valence-electron chi connectivity index (χ0n) is 7.40. The van der Waals surface area contributed by atoms with E-state index >= 15 is 0 Å². The fourth-order valence-corrected chi connectivity index (χ4v) is 1.69. The van der Waals surface area contributed by atoms with Crippen LogP contribution in [-0.2, 0) is 23.9 Å². The Bertz CT molecular complexity index is 344. The van der Waals surface area contributed by atoms with Crippen LogP contribution < -0.4 is 0 Å². The predicted octanol–water partition coefficient (Wildman–Crippen LogP) is 2.78. The van der Waals surface area contributed by atoms with E-state index in [1.54, 1.807) is 6.07 Å². The fourth-order valence-electron chi connectivity index (χ4n) is 1.69. The summed E-state index contributed by atoms with van der Waals surface area (Å²) in [6.07, 6.45) is -3.90. The number of hydrogen-bond acceptors (Lipinski definition) is 1. The molecule has 1 aromatic carbocycles. The molecule has 0 aromatic heterocycles. The van der Waals surface area contributed by atoms with E-state index in [9.17, 15) is 13.2 Å². The molecule has 4 heteroatoms. The Balaban J connectivity index is 2.51. The van der Waals surface area contributed by atoms with Crippen molar-refractivity contribution in [2.24, 2.45) is 0 Å². The molecule has 0 saturated heterocycles. The first kappa shape index (κ1) is 9.52. The third-order valence-electron chi connectivity index (χ3n) is 2.33. The average Bonchev–Trinajstić information content (AvgIpc) is 2.15. The first-order chi connectivity index (χ1) is 6.59. The lowest BCUT2D eigenvalue weighted by atomic mass is 9.97. The number of alkyl halides is 3. The Morgan fingerprint density at radius 3 is 2.71 bits per heavy atom. The first-order valence-electron chi connectivity index (χ1n) is 4.35. The Hall–Kier alpha value is -1.03. The molecule has 0 unspecified atom stereocenters. The van der Waals surface area contributed by atoms with Crippen molar-refractivity contribution in [3.05, 3.63) is 34.9 Å². The quantitative estimate of drug-likeness (QED) is 0.628. The predicted molar refractivity (Wildman–Crippen MR) is 44.8 cm³/mol. The molecule has 14 heavy (non-hydrogen) atoms. The van der Waals surface area contributed by atoms with Gasteiger partial charge in [-0.3, -0.25) is 0 Å². The fraction of sp³-hybridized carbons (Fsp3) is 0.400. The lowest BCUT2D eigenvalue weighted by Gasteiger charge is -2.20. The molecular weight excluding hydrogens is 193 g/mol. The van der Waals surface area contributed by atoms with Crippen molar-refractivity contribution in [3.63, 3.8) is 0 Å². The molecule has 1 nitrogen and oxygen atoms in total. The first-order valence-corrected chi connectivity index (χ1v) is 4.35. The maximum absolute atomic E-state index is 12.5. The van der Waals surface area contributed by atoms with Crippen molar-refractivity contribution in [3.8, 4) is 0 Å². The maximum Gasteiger partial charge on any atom is 0.416 e. The third kappa shape index (κ3) is 1.62. The van der Waals surface area contributed by atoms with E-state index in [0.29, 0.717) is 30.8 Å². The summed E-state index contributed by atoms with van der Waals surface area (Å²) in [7, 11) is 0. The van der Waals surface area contributed by atoms with Gasteiger partial charge >= 0.3 is 6.18 Å². The molecule has 0 bridgehead atoms. The monoisotopic (exact) mass is 202 g/mol. The van der Waals surface area contributed by atoms with Gasteiger partial charge in [0.25, 0.3) is 0 Å². The molecule has 76 valence electrons. The highest BCUT2D eigenvalue weighted by Gasteiger charge is 2.34. The summed E-state index contributed by atoms with van der Waals surface area (Å²) in [4.78, 5) is 0. The van der Waals surface area contributed by atoms with Gasteiger partial charge in [0, 0.05) is 0 Å². The van der Waals surface area contributed by atoms with Crippen molar-refractivity contribution >= 4 is 0 Å². The van der Waals surface area contributed by atoms with Gasteiger partial charge in [-0.25, -0.2) is 0 Å². The molecule has 0 atom stereocenters. The van der Waals surface area contributed by atoms with E-state index in [1.807, 2.05) is 0 Å². The second-order valence-corrected chi connectivity index (χ2v) is 3.24. The Labute approximate surface area is 79.5 Å². The minimum Gasteiger partial charge on any atom is -0.376 e. The lowest BCUT2D eigenvalue weighted by molar-refractivity contribution is -0.138. The number of rotatable bonds is 0. The van der Waals surface area contributed by atoms with Crippen LogP contribution in [0.1, 0.15) is 16.7 Å². The molecule has 1 heterocycles. The summed E-state index contributed by atoms with van der Waals surface area (Å²) < 4.78 is 42.7. The minimum atomic E-state index is -4.25. The normalized spacial score (nSPS) is 16.5. The molecular formula is C10H9F3O.